The number of pyridine rings is 1. The van der Waals surface area contributed by atoms with Gasteiger partial charge in [0.15, 0.2) is 6.10 Å². The second kappa shape index (κ2) is 5.36. The van der Waals surface area contributed by atoms with Crippen LogP contribution < -0.4 is 5.32 Å². The Balaban J connectivity index is 2.00. The lowest BCUT2D eigenvalue weighted by atomic mass is 10.2. The number of amides is 1. The maximum absolute atomic E-state index is 12.0. The van der Waals surface area contributed by atoms with E-state index < -0.39 is 18.2 Å². The minimum absolute atomic E-state index is 0.322. The van der Waals surface area contributed by atoms with Crippen molar-refractivity contribution in [3.05, 3.63) is 23.5 Å². The van der Waals surface area contributed by atoms with E-state index in [0.717, 1.165) is 11.4 Å². The average Bonchev–Trinajstić information content (AvgIpc) is 2.82. The first-order valence-electron chi connectivity index (χ1n) is 6.11. The molecule has 0 radical (unpaired) electrons. The summed E-state index contributed by atoms with van der Waals surface area (Å²) in [6.07, 6.45) is -0.811. The monoisotopic (exact) mass is 264 g/mol. The van der Waals surface area contributed by atoms with Gasteiger partial charge >= 0.3 is 5.97 Å². The number of rotatable bonds is 3. The van der Waals surface area contributed by atoms with Gasteiger partial charge in [0.25, 0.3) is 5.91 Å². The highest BCUT2D eigenvalue weighted by molar-refractivity contribution is 5.95. The van der Waals surface area contributed by atoms with E-state index in [1.54, 1.807) is 19.1 Å². The highest BCUT2D eigenvalue weighted by Crippen LogP contribution is 2.22. The van der Waals surface area contributed by atoms with Crippen molar-refractivity contribution in [2.45, 2.75) is 38.9 Å². The zero-order valence-corrected chi connectivity index (χ0v) is 10.8. The number of nitrogens with zero attached hydrogens (tertiary/aromatic N) is 1. The lowest BCUT2D eigenvalue weighted by Crippen LogP contribution is -2.30. The van der Waals surface area contributed by atoms with E-state index in [-0.39, 0.29) is 5.91 Å². The number of carbonyl (C=O) groups is 2. The molecule has 1 aromatic heterocycles. The fourth-order valence-electron chi connectivity index (χ4n) is 2.04. The highest BCUT2D eigenvalue weighted by atomic mass is 16.5. The normalized spacial score (nSPS) is 22.2. The lowest BCUT2D eigenvalue weighted by Gasteiger charge is -2.13. The zero-order valence-electron chi connectivity index (χ0n) is 10.8. The fraction of sp³-hybridized carbons (Fsp3) is 0.462. The second-order valence-electron chi connectivity index (χ2n) is 4.60. The number of hydrogen-bond acceptors (Lipinski definition) is 4. The van der Waals surface area contributed by atoms with Crippen LogP contribution in [-0.4, -0.2) is 34.2 Å². The summed E-state index contributed by atoms with van der Waals surface area (Å²) in [6, 6.07) is 3.58. The SMILES string of the molecule is Cc1ccc(NC(=O)[C@@H]2CC[C@H](C(=O)O)O2)c(C)n1. The molecule has 1 aliphatic heterocycles. The van der Waals surface area contributed by atoms with Gasteiger partial charge in [0.05, 0.1) is 11.4 Å². The molecule has 0 bridgehead atoms. The van der Waals surface area contributed by atoms with Crippen LogP contribution in [0.2, 0.25) is 0 Å². The van der Waals surface area contributed by atoms with Crippen LogP contribution in [0, 0.1) is 13.8 Å². The third-order valence-electron chi connectivity index (χ3n) is 3.07. The Hall–Kier alpha value is -1.95. The summed E-state index contributed by atoms with van der Waals surface area (Å²) in [7, 11) is 0. The van der Waals surface area contributed by atoms with Gasteiger partial charge in [0, 0.05) is 5.69 Å². The molecule has 102 valence electrons. The molecule has 2 heterocycles. The maximum atomic E-state index is 12.0. The topological polar surface area (TPSA) is 88.5 Å². The van der Waals surface area contributed by atoms with Crippen LogP contribution in [0.4, 0.5) is 5.69 Å². The van der Waals surface area contributed by atoms with Crippen LogP contribution in [0.5, 0.6) is 0 Å². The third kappa shape index (κ3) is 3.08. The summed E-state index contributed by atoms with van der Waals surface area (Å²) in [5.41, 5.74) is 2.22. The highest BCUT2D eigenvalue weighted by Gasteiger charge is 2.34. The first kappa shape index (κ1) is 13.5. The van der Waals surface area contributed by atoms with E-state index in [9.17, 15) is 9.59 Å². The number of aromatic nitrogens is 1. The van der Waals surface area contributed by atoms with Gasteiger partial charge < -0.3 is 15.2 Å². The molecule has 0 unspecified atom stereocenters. The first-order chi connectivity index (χ1) is 8.97. The Morgan fingerprint density at radius 3 is 2.58 bits per heavy atom. The summed E-state index contributed by atoms with van der Waals surface area (Å²) in [5.74, 6) is -1.35. The number of carbonyl (C=O) groups excluding carboxylic acids is 1. The van der Waals surface area contributed by atoms with Gasteiger partial charge in [-0.05, 0) is 38.8 Å². The maximum Gasteiger partial charge on any atom is 0.332 e. The van der Waals surface area contributed by atoms with Gasteiger partial charge in [-0.1, -0.05) is 0 Å². The van der Waals surface area contributed by atoms with E-state index in [2.05, 4.69) is 10.3 Å². The van der Waals surface area contributed by atoms with Gasteiger partial charge in [-0.2, -0.15) is 0 Å². The van der Waals surface area contributed by atoms with Crippen LogP contribution >= 0.6 is 0 Å². The van der Waals surface area contributed by atoms with E-state index in [1.165, 1.54) is 0 Å². The molecule has 0 spiro atoms. The molecule has 2 rings (SSSR count). The van der Waals surface area contributed by atoms with Crippen molar-refractivity contribution in [3.8, 4) is 0 Å². The minimum Gasteiger partial charge on any atom is -0.479 e. The molecular weight excluding hydrogens is 248 g/mol. The number of aliphatic carboxylic acids is 1. The van der Waals surface area contributed by atoms with E-state index in [4.69, 9.17) is 9.84 Å². The van der Waals surface area contributed by atoms with Crippen molar-refractivity contribution in [3.63, 3.8) is 0 Å². The molecule has 1 aliphatic rings. The van der Waals surface area contributed by atoms with Crippen molar-refractivity contribution in [2.24, 2.45) is 0 Å². The van der Waals surface area contributed by atoms with Gasteiger partial charge in [0.1, 0.15) is 6.10 Å². The first-order valence-corrected chi connectivity index (χ1v) is 6.11. The molecule has 0 saturated carbocycles. The fourth-order valence-corrected chi connectivity index (χ4v) is 2.04. The summed E-state index contributed by atoms with van der Waals surface area (Å²) in [6.45, 7) is 3.67. The minimum atomic E-state index is -1.02. The molecule has 1 amide bonds. The number of ether oxygens (including phenoxy) is 1. The van der Waals surface area contributed by atoms with Crippen molar-refractivity contribution in [1.82, 2.24) is 4.98 Å². The Morgan fingerprint density at radius 2 is 2.00 bits per heavy atom. The quantitative estimate of drug-likeness (QED) is 0.858. The summed E-state index contributed by atoms with van der Waals surface area (Å²) < 4.78 is 5.19. The summed E-state index contributed by atoms with van der Waals surface area (Å²) in [4.78, 5) is 27.0. The number of nitrogens with one attached hydrogen (secondary N) is 1. The van der Waals surface area contributed by atoms with Crippen molar-refractivity contribution >= 4 is 17.6 Å². The Bertz CT molecular complexity index is 515. The van der Waals surface area contributed by atoms with Gasteiger partial charge in [-0.25, -0.2) is 4.79 Å². The molecule has 0 aromatic carbocycles. The van der Waals surface area contributed by atoms with E-state index in [1.807, 2.05) is 6.92 Å². The Morgan fingerprint density at radius 1 is 1.32 bits per heavy atom. The number of carboxylic acid groups (broad SMARTS) is 1. The van der Waals surface area contributed by atoms with Crippen LogP contribution in [0.1, 0.15) is 24.2 Å². The number of aryl methyl sites for hydroxylation is 2. The molecule has 6 nitrogen and oxygen atoms in total. The summed E-state index contributed by atoms with van der Waals surface area (Å²) >= 11 is 0. The number of carboxylic acids is 1. The Labute approximate surface area is 110 Å². The lowest BCUT2D eigenvalue weighted by molar-refractivity contribution is -0.150. The predicted molar refractivity (Wildman–Crippen MR) is 67.9 cm³/mol. The second-order valence-corrected chi connectivity index (χ2v) is 4.60. The molecule has 19 heavy (non-hydrogen) atoms. The molecule has 0 aliphatic carbocycles. The summed E-state index contributed by atoms with van der Waals surface area (Å²) in [5, 5.41) is 11.5. The largest absolute Gasteiger partial charge is 0.479 e. The van der Waals surface area contributed by atoms with Crippen LogP contribution in [0.25, 0.3) is 0 Å². The van der Waals surface area contributed by atoms with Crippen molar-refractivity contribution in [1.29, 1.82) is 0 Å². The Kier molecular flexibility index (Phi) is 3.80. The average molecular weight is 264 g/mol. The van der Waals surface area contributed by atoms with Crippen molar-refractivity contribution in [2.75, 3.05) is 5.32 Å². The van der Waals surface area contributed by atoms with Crippen LogP contribution in [0.3, 0.4) is 0 Å². The van der Waals surface area contributed by atoms with Crippen LogP contribution in [-0.2, 0) is 14.3 Å². The smallest absolute Gasteiger partial charge is 0.332 e. The molecule has 1 fully saturated rings. The standard InChI is InChI=1S/C13H16N2O4/c1-7-3-4-9(8(2)14-7)15-12(16)10-5-6-11(19-10)13(17)18/h3-4,10-11H,5-6H2,1-2H3,(H,15,16)(H,17,18)/t10-,11+/m0/s1. The van der Waals surface area contributed by atoms with Crippen LogP contribution in [0.15, 0.2) is 12.1 Å². The zero-order chi connectivity index (χ0) is 14.0. The molecule has 1 aromatic rings. The van der Waals surface area contributed by atoms with E-state index >= 15 is 0 Å². The molecule has 2 atom stereocenters. The van der Waals surface area contributed by atoms with E-state index in [0.29, 0.717) is 18.5 Å². The molecule has 6 heteroatoms. The number of hydrogen-bond donors (Lipinski definition) is 2. The third-order valence-corrected chi connectivity index (χ3v) is 3.07. The number of anilines is 1. The van der Waals surface area contributed by atoms with Gasteiger partial charge in [-0.3, -0.25) is 9.78 Å². The van der Waals surface area contributed by atoms with Gasteiger partial charge in [0.2, 0.25) is 0 Å². The predicted octanol–water partition coefficient (Wildman–Crippen LogP) is 1.27. The molecule has 1 saturated heterocycles. The van der Waals surface area contributed by atoms with Gasteiger partial charge in [-0.15, -0.1) is 0 Å². The molecular formula is C13H16N2O4. The van der Waals surface area contributed by atoms with Crippen molar-refractivity contribution < 1.29 is 19.4 Å². The molecule has 2 N–H and O–H groups in total.